The van der Waals surface area contributed by atoms with Crippen molar-refractivity contribution in [3.63, 3.8) is 0 Å². The number of hydrogen-bond acceptors (Lipinski definition) is 5. The fraction of sp³-hybridized carbons (Fsp3) is 0.444. The van der Waals surface area contributed by atoms with Crippen LogP contribution in [0.25, 0.3) is 0 Å². The molecule has 1 aromatic carbocycles. The minimum Gasteiger partial charge on any atom is -0.325 e. The van der Waals surface area contributed by atoms with E-state index in [9.17, 15) is 22.8 Å². The first-order valence-electron chi connectivity index (χ1n) is 8.54. The summed E-state index contributed by atoms with van der Waals surface area (Å²) < 4.78 is 38.5. The molecule has 158 valence electrons. The number of nitrogens with one attached hydrogen (secondary N) is 2. The monoisotopic (exact) mass is 448 g/mol. The van der Waals surface area contributed by atoms with E-state index in [2.05, 4.69) is 20.8 Å². The van der Waals surface area contributed by atoms with E-state index in [-0.39, 0.29) is 27.7 Å². The van der Waals surface area contributed by atoms with Gasteiger partial charge in [-0.3, -0.25) is 9.59 Å². The highest BCUT2D eigenvalue weighted by Crippen LogP contribution is 2.34. The van der Waals surface area contributed by atoms with Crippen LogP contribution in [0.3, 0.4) is 0 Å². The summed E-state index contributed by atoms with van der Waals surface area (Å²) in [5.74, 6) is -1.07. The number of amidine groups is 1. The van der Waals surface area contributed by atoms with Crippen molar-refractivity contribution in [3.8, 4) is 0 Å². The minimum atomic E-state index is -4.57. The molecule has 6 nitrogen and oxygen atoms in total. The Hall–Kier alpha value is -2.07. The molecule has 1 fully saturated rings. The smallest absolute Gasteiger partial charge is 0.325 e. The zero-order valence-electron chi connectivity index (χ0n) is 16.1. The van der Waals surface area contributed by atoms with Gasteiger partial charge in [-0.1, -0.05) is 44.1 Å². The van der Waals surface area contributed by atoms with Gasteiger partial charge in [-0.15, -0.1) is 5.10 Å². The van der Waals surface area contributed by atoms with Gasteiger partial charge >= 0.3 is 6.18 Å². The van der Waals surface area contributed by atoms with Gasteiger partial charge in [0.15, 0.2) is 5.17 Å². The van der Waals surface area contributed by atoms with Gasteiger partial charge in [0, 0.05) is 17.5 Å². The summed E-state index contributed by atoms with van der Waals surface area (Å²) in [6.07, 6.45) is -4.83. The largest absolute Gasteiger partial charge is 0.416 e. The van der Waals surface area contributed by atoms with E-state index in [1.807, 2.05) is 27.7 Å². The maximum absolute atomic E-state index is 12.8. The van der Waals surface area contributed by atoms with Crippen LogP contribution >= 0.6 is 23.4 Å². The van der Waals surface area contributed by atoms with Crippen molar-refractivity contribution in [1.82, 2.24) is 5.32 Å². The summed E-state index contributed by atoms with van der Waals surface area (Å²) >= 11 is 6.90. The van der Waals surface area contributed by atoms with Crippen LogP contribution in [-0.2, 0) is 15.8 Å². The summed E-state index contributed by atoms with van der Waals surface area (Å²) in [5, 5.41) is 12.4. The topological polar surface area (TPSA) is 82.9 Å². The first kappa shape index (κ1) is 23.2. The number of amides is 2. The molecule has 1 aromatic rings. The van der Waals surface area contributed by atoms with E-state index in [1.165, 1.54) is 0 Å². The summed E-state index contributed by atoms with van der Waals surface area (Å²) in [6.45, 7) is 7.73. The standard InChI is InChI=1S/C18H20ClF3N4O2S/c1-9(17(2,3)4)25-26-16-24-15(28)13(29-16)8-14(27)23-12-7-10(18(20,21)22)5-6-11(12)19/h5-7,13H,8H2,1-4H3,(H,23,27)(H,24,26,28)/t13-/m0/s1. The highest BCUT2D eigenvalue weighted by molar-refractivity contribution is 8.15. The highest BCUT2D eigenvalue weighted by Gasteiger charge is 2.33. The zero-order chi connectivity index (χ0) is 22.0. The van der Waals surface area contributed by atoms with Gasteiger partial charge in [0.2, 0.25) is 11.8 Å². The molecule has 0 bridgehead atoms. The van der Waals surface area contributed by atoms with Crippen LogP contribution in [-0.4, -0.2) is 27.9 Å². The third-order valence-electron chi connectivity index (χ3n) is 4.09. The average molecular weight is 449 g/mol. The lowest BCUT2D eigenvalue weighted by Gasteiger charge is -2.16. The van der Waals surface area contributed by atoms with Gasteiger partial charge in [0.1, 0.15) is 5.25 Å². The molecule has 2 rings (SSSR count). The number of carbonyl (C=O) groups excluding carboxylic acids is 2. The predicted molar refractivity (Wildman–Crippen MR) is 109 cm³/mol. The Bertz CT molecular complexity index is 879. The second-order valence-electron chi connectivity index (χ2n) is 7.38. The molecule has 1 aliphatic heterocycles. The highest BCUT2D eigenvalue weighted by atomic mass is 35.5. The molecule has 29 heavy (non-hydrogen) atoms. The summed E-state index contributed by atoms with van der Waals surface area (Å²) in [7, 11) is 0. The van der Waals surface area contributed by atoms with E-state index < -0.39 is 28.8 Å². The minimum absolute atomic E-state index is 0.0379. The van der Waals surface area contributed by atoms with Crippen molar-refractivity contribution in [2.75, 3.05) is 5.32 Å². The third kappa shape index (κ3) is 6.46. The molecule has 1 atom stereocenters. The first-order valence-corrected chi connectivity index (χ1v) is 9.80. The normalized spacial score (nSPS) is 19.4. The Morgan fingerprint density at radius 3 is 2.55 bits per heavy atom. The molecule has 2 N–H and O–H groups in total. The van der Waals surface area contributed by atoms with E-state index in [0.29, 0.717) is 0 Å². The second kappa shape index (κ2) is 8.74. The van der Waals surface area contributed by atoms with Gasteiger partial charge in [0.05, 0.1) is 16.3 Å². The SMILES string of the molecule is CC(=NN=C1NC(=O)[C@H](CC(=O)Nc2cc(C(F)(F)F)ccc2Cl)S1)C(C)(C)C. The van der Waals surface area contributed by atoms with Crippen LogP contribution in [0.4, 0.5) is 18.9 Å². The summed E-state index contributed by atoms with van der Waals surface area (Å²) in [5.41, 5.74) is -0.526. The van der Waals surface area contributed by atoms with Crippen molar-refractivity contribution in [2.24, 2.45) is 15.6 Å². The van der Waals surface area contributed by atoms with Crippen molar-refractivity contribution in [3.05, 3.63) is 28.8 Å². The van der Waals surface area contributed by atoms with Crippen molar-refractivity contribution in [2.45, 2.75) is 45.5 Å². The molecule has 0 aliphatic carbocycles. The van der Waals surface area contributed by atoms with Crippen molar-refractivity contribution >= 4 is 51.7 Å². The van der Waals surface area contributed by atoms with Crippen LogP contribution < -0.4 is 10.6 Å². The molecule has 0 aromatic heterocycles. The average Bonchev–Trinajstić information content (AvgIpc) is 2.92. The Morgan fingerprint density at radius 2 is 1.97 bits per heavy atom. The van der Waals surface area contributed by atoms with Crippen LogP contribution in [0.5, 0.6) is 0 Å². The molecular formula is C18H20ClF3N4O2S. The fourth-order valence-corrected chi connectivity index (χ4v) is 3.11. The lowest BCUT2D eigenvalue weighted by molar-refractivity contribution is -0.137. The zero-order valence-corrected chi connectivity index (χ0v) is 17.7. The Labute approximate surface area is 175 Å². The van der Waals surface area contributed by atoms with Gasteiger partial charge in [-0.2, -0.15) is 18.3 Å². The number of hydrogen-bond donors (Lipinski definition) is 2. The first-order chi connectivity index (χ1) is 13.3. The van der Waals surface area contributed by atoms with E-state index in [4.69, 9.17) is 11.6 Å². The van der Waals surface area contributed by atoms with Crippen molar-refractivity contribution in [1.29, 1.82) is 0 Å². The number of halogens is 4. The number of thioether (sulfide) groups is 1. The summed E-state index contributed by atoms with van der Waals surface area (Å²) in [6, 6.07) is 2.62. The molecular weight excluding hydrogens is 429 g/mol. The Kier molecular flexibility index (Phi) is 7.00. The second-order valence-corrected chi connectivity index (χ2v) is 8.98. The third-order valence-corrected chi connectivity index (χ3v) is 5.49. The lowest BCUT2D eigenvalue weighted by Crippen LogP contribution is -2.28. The van der Waals surface area contributed by atoms with E-state index in [1.54, 1.807) is 0 Å². The van der Waals surface area contributed by atoms with Crippen LogP contribution in [0.2, 0.25) is 5.02 Å². The van der Waals surface area contributed by atoms with Gasteiger partial charge in [0.25, 0.3) is 0 Å². The molecule has 2 amide bonds. The molecule has 1 aliphatic rings. The van der Waals surface area contributed by atoms with Crippen LogP contribution in [0, 0.1) is 5.41 Å². The molecule has 0 radical (unpaired) electrons. The predicted octanol–water partition coefficient (Wildman–Crippen LogP) is 4.70. The number of carbonyl (C=O) groups is 2. The molecule has 0 saturated carbocycles. The van der Waals surface area contributed by atoms with E-state index in [0.717, 1.165) is 35.7 Å². The van der Waals surface area contributed by atoms with Crippen LogP contribution in [0.15, 0.2) is 28.4 Å². The number of rotatable bonds is 4. The molecule has 0 unspecified atom stereocenters. The molecule has 0 spiro atoms. The Balaban J connectivity index is 2.04. The summed E-state index contributed by atoms with van der Waals surface area (Å²) in [4.78, 5) is 24.3. The number of benzene rings is 1. The maximum Gasteiger partial charge on any atom is 0.416 e. The molecule has 1 heterocycles. The Morgan fingerprint density at radius 1 is 1.31 bits per heavy atom. The number of alkyl halides is 3. The fourth-order valence-electron chi connectivity index (χ4n) is 2.02. The van der Waals surface area contributed by atoms with Crippen molar-refractivity contribution < 1.29 is 22.8 Å². The quantitative estimate of drug-likeness (QED) is 0.517. The van der Waals surface area contributed by atoms with E-state index >= 15 is 0 Å². The van der Waals surface area contributed by atoms with Gasteiger partial charge < -0.3 is 10.6 Å². The number of nitrogens with zero attached hydrogens (tertiary/aromatic N) is 2. The van der Waals surface area contributed by atoms with Crippen LogP contribution in [0.1, 0.15) is 39.7 Å². The maximum atomic E-state index is 12.8. The molecule has 11 heteroatoms. The van der Waals surface area contributed by atoms with Gasteiger partial charge in [-0.05, 0) is 25.1 Å². The lowest BCUT2D eigenvalue weighted by atomic mass is 9.91. The van der Waals surface area contributed by atoms with Gasteiger partial charge in [-0.25, -0.2) is 0 Å². The molecule has 1 saturated heterocycles. The number of anilines is 1.